The van der Waals surface area contributed by atoms with Gasteiger partial charge in [-0.3, -0.25) is 4.98 Å². The molecule has 1 aromatic heterocycles. The molecule has 0 saturated heterocycles. The van der Waals surface area contributed by atoms with Gasteiger partial charge in [-0.25, -0.2) is 0 Å². The van der Waals surface area contributed by atoms with Crippen molar-refractivity contribution in [3.8, 4) is 5.75 Å². The van der Waals surface area contributed by atoms with E-state index in [0.717, 1.165) is 24.0 Å². The van der Waals surface area contributed by atoms with Crippen LogP contribution in [-0.4, -0.2) is 11.6 Å². The number of ether oxygens (including phenoxy) is 1. The molecule has 2 rings (SSSR count). The minimum absolute atomic E-state index is 0.774. The molecule has 0 unspecified atom stereocenters. The molecule has 1 aromatic rings. The van der Waals surface area contributed by atoms with Crippen molar-refractivity contribution in [3.63, 3.8) is 0 Å². The highest BCUT2D eigenvalue weighted by Crippen LogP contribution is 2.25. The van der Waals surface area contributed by atoms with Crippen LogP contribution in [0.5, 0.6) is 5.75 Å². The highest BCUT2D eigenvalue weighted by Gasteiger charge is 2.15. The maximum absolute atomic E-state index is 5.68. The Balaban J connectivity index is 1.82. The second-order valence-corrected chi connectivity index (χ2v) is 4.10. The Morgan fingerprint density at radius 2 is 2.14 bits per heavy atom. The first-order valence-electron chi connectivity index (χ1n) is 5.40. The van der Waals surface area contributed by atoms with E-state index >= 15 is 0 Å². The van der Waals surface area contributed by atoms with Crippen molar-refractivity contribution >= 4 is 0 Å². The zero-order chi connectivity index (χ0) is 9.80. The van der Waals surface area contributed by atoms with Crippen LogP contribution in [0.25, 0.3) is 0 Å². The van der Waals surface area contributed by atoms with Gasteiger partial charge in [0.15, 0.2) is 0 Å². The third-order valence-electron chi connectivity index (χ3n) is 2.84. The second kappa shape index (κ2) is 4.45. The van der Waals surface area contributed by atoms with E-state index in [1.807, 2.05) is 25.3 Å². The van der Waals surface area contributed by atoms with Crippen LogP contribution in [0.2, 0.25) is 0 Å². The summed E-state index contributed by atoms with van der Waals surface area (Å²) >= 11 is 0. The number of pyridine rings is 1. The van der Waals surface area contributed by atoms with Gasteiger partial charge < -0.3 is 4.74 Å². The van der Waals surface area contributed by atoms with Gasteiger partial charge in [-0.15, -0.1) is 0 Å². The van der Waals surface area contributed by atoms with Crippen LogP contribution in [0.1, 0.15) is 31.4 Å². The van der Waals surface area contributed by atoms with Crippen LogP contribution in [0, 0.1) is 12.8 Å². The van der Waals surface area contributed by atoms with E-state index in [-0.39, 0.29) is 0 Å². The lowest BCUT2D eigenvalue weighted by Gasteiger charge is -2.10. The Morgan fingerprint density at radius 3 is 2.79 bits per heavy atom. The molecular weight excluding hydrogens is 174 g/mol. The van der Waals surface area contributed by atoms with Gasteiger partial charge in [0.1, 0.15) is 5.75 Å². The summed E-state index contributed by atoms with van der Waals surface area (Å²) in [5.41, 5.74) is 1.04. The van der Waals surface area contributed by atoms with E-state index in [4.69, 9.17) is 4.74 Å². The van der Waals surface area contributed by atoms with Crippen molar-refractivity contribution in [1.82, 2.24) is 4.98 Å². The fraction of sp³-hybridized carbons (Fsp3) is 0.583. The summed E-state index contributed by atoms with van der Waals surface area (Å²) < 4.78 is 5.68. The summed E-state index contributed by atoms with van der Waals surface area (Å²) in [4.78, 5) is 4.20. The molecule has 1 saturated carbocycles. The number of hydrogen-bond donors (Lipinski definition) is 0. The third-order valence-corrected chi connectivity index (χ3v) is 2.84. The van der Waals surface area contributed by atoms with Crippen molar-refractivity contribution in [2.24, 2.45) is 5.92 Å². The maximum atomic E-state index is 5.68. The van der Waals surface area contributed by atoms with Gasteiger partial charge in [0.25, 0.3) is 0 Å². The molecule has 1 heterocycles. The Kier molecular flexibility index (Phi) is 3.02. The monoisotopic (exact) mass is 191 g/mol. The summed E-state index contributed by atoms with van der Waals surface area (Å²) in [6.45, 7) is 2.85. The molecule has 0 radical (unpaired) electrons. The Morgan fingerprint density at radius 1 is 1.36 bits per heavy atom. The molecule has 2 heteroatoms. The molecule has 0 atom stereocenters. The molecule has 0 aliphatic heterocycles. The quantitative estimate of drug-likeness (QED) is 0.732. The average molecular weight is 191 g/mol. The maximum Gasteiger partial charge on any atom is 0.137 e. The van der Waals surface area contributed by atoms with Gasteiger partial charge >= 0.3 is 0 Å². The Labute approximate surface area is 85.3 Å². The molecule has 1 aliphatic rings. The minimum atomic E-state index is 0.774. The molecule has 76 valence electrons. The lowest BCUT2D eigenvalue weighted by molar-refractivity contribution is 0.251. The highest BCUT2D eigenvalue weighted by atomic mass is 16.5. The zero-order valence-electron chi connectivity index (χ0n) is 8.70. The minimum Gasteiger partial charge on any atom is -0.492 e. The Hall–Kier alpha value is -1.05. The van der Waals surface area contributed by atoms with Gasteiger partial charge in [-0.1, -0.05) is 12.8 Å². The SMILES string of the molecule is Cc1ccc(OCC2CCCC2)cn1. The standard InChI is InChI=1S/C12H17NO/c1-10-6-7-12(8-13-10)14-9-11-4-2-3-5-11/h6-8,11H,2-5,9H2,1H3. The normalized spacial score (nSPS) is 17.2. The third kappa shape index (κ3) is 2.47. The fourth-order valence-corrected chi connectivity index (χ4v) is 1.93. The number of aryl methyl sites for hydroxylation is 1. The van der Waals surface area contributed by atoms with Crippen LogP contribution in [-0.2, 0) is 0 Å². The van der Waals surface area contributed by atoms with Crippen LogP contribution in [0.15, 0.2) is 18.3 Å². The summed E-state index contributed by atoms with van der Waals surface area (Å²) in [5.74, 6) is 1.68. The van der Waals surface area contributed by atoms with E-state index in [0.29, 0.717) is 0 Å². The largest absolute Gasteiger partial charge is 0.492 e. The van der Waals surface area contributed by atoms with E-state index in [1.54, 1.807) is 0 Å². The smallest absolute Gasteiger partial charge is 0.137 e. The molecule has 0 N–H and O–H groups in total. The predicted octanol–water partition coefficient (Wildman–Crippen LogP) is 2.96. The summed E-state index contributed by atoms with van der Waals surface area (Å²) in [6.07, 6.45) is 7.23. The molecule has 2 nitrogen and oxygen atoms in total. The van der Waals surface area contributed by atoms with Gasteiger partial charge in [0.2, 0.25) is 0 Å². The average Bonchev–Trinajstić information content (AvgIpc) is 2.70. The molecule has 14 heavy (non-hydrogen) atoms. The summed E-state index contributed by atoms with van der Waals surface area (Å²) in [5, 5.41) is 0. The predicted molar refractivity (Wildman–Crippen MR) is 56.4 cm³/mol. The molecule has 0 bridgehead atoms. The number of nitrogens with zero attached hydrogens (tertiary/aromatic N) is 1. The number of aromatic nitrogens is 1. The van der Waals surface area contributed by atoms with E-state index in [1.165, 1.54) is 25.7 Å². The first-order valence-corrected chi connectivity index (χ1v) is 5.40. The molecule has 0 aromatic carbocycles. The second-order valence-electron chi connectivity index (χ2n) is 4.10. The first-order chi connectivity index (χ1) is 6.84. The Bertz CT molecular complexity index is 275. The molecular formula is C12H17NO. The van der Waals surface area contributed by atoms with Gasteiger partial charge in [0, 0.05) is 5.69 Å². The van der Waals surface area contributed by atoms with E-state index < -0.39 is 0 Å². The van der Waals surface area contributed by atoms with Crippen molar-refractivity contribution in [2.75, 3.05) is 6.61 Å². The highest BCUT2D eigenvalue weighted by molar-refractivity contribution is 5.19. The zero-order valence-corrected chi connectivity index (χ0v) is 8.70. The molecule has 1 aliphatic carbocycles. The van der Waals surface area contributed by atoms with Crippen molar-refractivity contribution in [3.05, 3.63) is 24.0 Å². The summed E-state index contributed by atoms with van der Waals surface area (Å²) in [7, 11) is 0. The van der Waals surface area contributed by atoms with Crippen LogP contribution in [0.4, 0.5) is 0 Å². The van der Waals surface area contributed by atoms with Crippen molar-refractivity contribution in [2.45, 2.75) is 32.6 Å². The fourth-order valence-electron chi connectivity index (χ4n) is 1.93. The number of hydrogen-bond acceptors (Lipinski definition) is 2. The van der Waals surface area contributed by atoms with Crippen LogP contribution >= 0.6 is 0 Å². The number of rotatable bonds is 3. The van der Waals surface area contributed by atoms with E-state index in [9.17, 15) is 0 Å². The lowest BCUT2D eigenvalue weighted by atomic mass is 10.1. The van der Waals surface area contributed by atoms with Crippen molar-refractivity contribution < 1.29 is 4.74 Å². The van der Waals surface area contributed by atoms with Gasteiger partial charge in [-0.05, 0) is 37.8 Å². The molecule has 1 fully saturated rings. The van der Waals surface area contributed by atoms with Gasteiger partial charge in [0.05, 0.1) is 12.8 Å². The lowest BCUT2D eigenvalue weighted by Crippen LogP contribution is -2.08. The first kappa shape index (κ1) is 9.50. The molecule has 0 amide bonds. The summed E-state index contributed by atoms with van der Waals surface area (Å²) in [6, 6.07) is 3.99. The van der Waals surface area contributed by atoms with Crippen LogP contribution < -0.4 is 4.74 Å². The van der Waals surface area contributed by atoms with E-state index in [2.05, 4.69) is 4.98 Å². The topological polar surface area (TPSA) is 22.1 Å². The van der Waals surface area contributed by atoms with Crippen LogP contribution in [0.3, 0.4) is 0 Å². The van der Waals surface area contributed by atoms with Gasteiger partial charge in [-0.2, -0.15) is 0 Å². The molecule has 0 spiro atoms. The van der Waals surface area contributed by atoms with Crippen molar-refractivity contribution in [1.29, 1.82) is 0 Å².